The first-order valence-electron chi connectivity index (χ1n) is 6.55. The van der Waals surface area contributed by atoms with Crippen molar-refractivity contribution in [3.8, 4) is 5.75 Å². The number of amides is 2. The van der Waals surface area contributed by atoms with Crippen LogP contribution in [0.3, 0.4) is 0 Å². The third-order valence-electron chi connectivity index (χ3n) is 3.26. The molecule has 0 spiro atoms. The van der Waals surface area contributed by atoms with Crippen LogP contribution in [0.1, 0.15) is 24.1 Å². The number of ether oxygens (including phenoxy) is 1. The fourth-order valence-corrected chi connectivity index (χ4v) is 2.30. The average Bonchev–Trinajstić information content (AvgIpc) is 2.74. The van der Waals surface area contributed by atoms with E-state index in [0.717, 1.165) is 16.9 Å². The Morgan fingerprint density at radius 3 is 2.95 bits per heavy atom. The first-order chi connectivity index (χ1) is 9.15. The number of aliphatic hydroxyl groups is 1. The third-order valence-corrected chi connectivity index (χ3v) is 3.26. The predicted molar refractivity (Wildman–Crippen MR) is 72.3 cm³/mol. The van der Waals surface area contributed by atoms with E-state index in [0.29, 0.717) is 19.7 Å². The molecule has 0 aromatic heterocycles. The van der Waals surface area contributed by atoms with Gasteiger partial charge in [0.25, 0.3) is 0 Å². The van der Waals surface area contributed by atoms with Gasteiger partial charge in [0.15, 0.2) is 0 Å². The number of nitrogens with one attached hydrogen (secondary N) is 1. The van der Waals surface area contributed by atoms with Gasteiger partial charge in [0.2, 0.25) is 0 Å². The lowest BCUT2D eigenvalue weighted by molar-refractivity contribution is 0.196. The summed E-state index contributed by atoms with van der Waals surface area (Å²) in [7, 11) is 0. The van der Waals surface area contributed by atoms with Crippen LogP contribution in [0.5, 0.6) is 5.75 Å². The Kier molecular flexibility index (Phi) is 4.27. The maximum absolute atomic E-state index is 11.7. The van der Waals surface area contributed by atoms with Crippen LogP contribution in [0.4, 0.5) is 4.79 Å². The Hall–Kier alpha value is -1.75. The number of hydrogen-bond donors (Lipinski definition) is 2. The van der Waals surface area contributed by atoms with E-state index in [1.165, 1.54) is 0 Å². The first kappa shape index (κ1) is 13.7. The molecule has 2 N–H and O–H groups in total. The largest absolute Gasteiger partial charge is 0.494 e. The summed E-state index contributed by atoms with van der Waals surface area (Å²) < 4.78 is 5.50. The van der Waals surface area contributed by atoms with Gasteiger partial charge in [-0.25, -0.2) is 4.79 Å². The predicted octanol–water partition coefficient (Wildman–Crippen LogP) is 1.45. The average molecular weight is 264 g/mol. The van der Waals surface area contributed by atoms with Crippen LogP contribution in [-0.2, 0) is 0 Å². The fraction of sp³-hybridized carbons (Fsp3) is 0.500. The highest BCUT2D eigenvalue weighted by molar-refractivity contribution is 5.77. The minimum absolute atomic E-state index is 0.0115. The second kappa shape index (κ2) is 5.93. The molecule has 1 saturated heterocycles. The first-order valence-corrected chi connectivity index (χ1v) is 6.55. The van der Waals surface area contributed by atoms with Crippen molar-refractivity contribution in [3.63, 3.8) is 0 Å². The Bertz CT molecular complexity index is 462. The van der Waals surface area contributed by atoms with Gasteiger partial charge in [-0.1, -0.05) is 12.1 Å². The highest BCUT2D eigenvalue weighted by atomic mass is 16.5. The molecule has 2 rings (SSSR count). The summed E-state index contributed by atoms with van der Waals surface area (Å²) in [6.07, 6.45) is 0. The number of urea groups is 1. The van der Waals surface area contributed by atoms with Gasteiger partial charge in [-0.05, 0) is 31.0 Å². The summed E-state index contributed by atoms with van der Waals surface area (Å²) in [5.74, 6) is 0.878. The van der Waals surface area contributed by atoms with Crippen molar-refractivity contribution in [2.75, 3.05) is 26.3 Å². The van der Waals surface area contributed by atoms with E-state index in [9.17, 15) is 4.79 Å². The SMILES string of the molecule is CCOc1ccc(C2CN(CCO)C(=O)N2)cc1C. The van der Waals surface area contributed by atoms with Gasteiger partial charge in [0, 0.05) is 13.1 Å². The summed E-state index contributed by atoms with van der Waals surface area (Å²) in [4.78, 5) is 13.3. The van der Waals surface area contributed by atoms with Gasteiger partial charge in [0.05, 0.1) is 19.3 Å². The van der Waals surface area contributed by atoms with Gasteiger partial charge >= 0.3 is 6.03 Å². The van der Waals surface area contributed by atoms with Gasteiger partial charge in [-0.2, -0.15) is 0 Å². The molecule has 0 aliphatic carbocycles. The topological polar surface area (TPSA) is 61.8 Å². The molecule has 2 amide bonds. The van der Waals surface area contributed by atoms with Crippen LogP contribution in [0, 0.1) is 6.92 Å². The minimum Gasteiger partial charge on any atom is -0.494 e. The lowest BCUT2D eigenvalue weighted by Crippen LogP contribution is -2.30. The molecule has 19 heavy (non-hydrogen) atoms. The highest BCUT2D eigenvalue weighted by Crippen LogP contribution is 2.25. The van der Waals surface area contributed by atoms with E-state index in [1.54, 1.807) is 4.90 Å². The summed E-state index contributed by atoms with van der Waals surface area (Å²) in [6, 6.07) is 5.82. The zero-order chi connectivity index (χ0) is 13.8. The zero-order valence-electron chi connectivity index (χ0n) is 11.3. The number of nitrogens with zero attached hydrogens (tertiary/aromatic N) is 1. The molecule has 1 aliphatic heterocycles. The molecular formula is C14H20N2O3. The van der Waals surface area contributed by atoms with Crippen molar-refractivity contribution in [1.29, 1.82) is 0 Å². The number of hydrogen-bond acceptors (Lipinski definition) is 3. The number of aryl methyl sites for hydroxylation is 1. The summed E-state index contributed by atoms with van der Waals surface area (Å²) >= 11 is 0. The maximum Gasteiger partial charge on any atom is 0.318 e. The number of benzene rings is 1. The number of carbonyl (C=O) groups excluding carboxylic acids is 1. The lowest BCUT2D eigenvalue weighted by Gasteiger charge is -2.14. The quantitative estimate of drug-likeness (QED) is 0.846. The van der Waals surface area contributed by atoms with Gasteiger partial charge in [0.1, 0.15) is 5.75 Å². The van der Waals surface area contributed by atoms with Crippen molar-refractivity contribution in [2.24, 2.45) is 0 Å². The fourth-order valence-electron chi connectivity index (χ4n) is 2.30. The Morgan fingerprint density at radius 2 is 2.32 bits per heavy atom. The molecule has 1 heterocycles. The number of carbonyl (C=O) groups is 1. The Labute approximate surface area is 113 Å². The van der Waals surface area contributed by atoms with Crippen LogP contribution in [0.15, 0.2) is 18.2 Å². The maximum atomic E-state index is 11.7. The second-order valence-corrected chi connectivity index (χ2v) is 4.63. The third kappa shape index (κ3) is 2.98. The zero-order valence-corrected chi connectivity index (χ0v) is 11.3. The molecule has 0 saturated carbocycles. The number of β-amino-alcohol motifs (C(OH)–C–C–N with tert-alkyl or cyclic N) is 1. The van der Waals surface area contributed by atoms with Crippen LogP contribution in [0.25, 0.3) is 0 Å². The molecule has 1 aliphatic rings. The van der Waals surface area contributed by atoms with Crippen molar-refractivity contribution in [3.05, 3.63) is 29.3 Å². The van der Waals surface area contributed by atoms with Crippen LogP contribution >= 0.6 is 0 Å². The molecule has 0 radical (unpaired) electrons. The van der Waals surface area contributed by atoms with E-state index < -0.39 is 0 Å². The molecule has 1 aromatic rings. The molecule has 5 nitrogen and oxygen atoms in total. The molecule has 1 aromatic carbocycles. The Morgan fingerprint density at radius 1 is 1.53 bits per heavy atom. The smallest absolute Gasteiger partial charge is 0.318 e. The van der Waals surface area contributed by atoms with Gasteiger partial charge in [-0.3, -0.25) is 0 Å². The number of aliphatic hydroxyl groups excluding tert-OH is 1. The number of rotatable bonds is 5. The molecule has 1 unspecified atom stereocenters. The van der Waals surface area contributed by atoms with E-state index in [4.69, 9.17) is 9.84 Å². The lowest BCUT2D eigenvalue weighted by atomic mass is 10.0. The molecule has 5 heteroatoms. The summed E-state index contributed by atoms with van der Waals surface area (Å²) in [5.41, 5.74) is 2.13. The molecular weight excluding hydrogens is 244 g/mol. The van der Waals surface area contributed by atoms with E-state index >= 15 is 0 Å². The summed E-state index contributed by atoms with van der Waals surface area (Å²) in [6.45, 7) is 5.55. The molecule has 0 bridgehead atoms. The van der Waals surface area contributed by atoms with E-state index in [2.05, 4.69) is 5.32 Å². The van der Waals surface area contributed by atoms with Crippen molar-refractivity contribution < 1.29 is 14.6 Å². The van der Waals surface area contributed by atoms with Crippen LogP contribution in [0.2, 0.25) is 0 Å². The second-order valence-electron chi connectivity index (χ2n) is 4.63. The van der Waals surface area contributed by atoms with Crippen LogP contribution in [-0.4, -0.2) is 42.3 Å². The molecule has 104 valence electrons. The molecule has 1 atom stereocenters. The normalized spacial score (nSPS) is 18.6. The standard InChI is InChI=1S/C14H20N2O3/c1-3-19-13-5-4-11(8-10(13)2)12-9-16(6-7-17)14(18)15-12/h4-5,8,12,17H,3,6-7,9H2,1-2H3,(H,15,18). The Balaban J connectivity index is 2.11. The van der Waals surface area contributed by atoms with Crippen molar-refractivity contribution >= 4 is 6.03 Å². The minimum atomic E-state index is -0.120. The summed E-state index contributed by atoms with van der Waals surface area (Å²) in [5, 5.41) is 11.8. The van der Waals surface area contributed by atoms with Gasteiger partial charge < -0.3 is 20.1 Å². The van der Waals surface area contributed by atoms with Crippen LogP contribution < -0.4 is 10.1 Å². The van der Waals surface area contributed by atoms with E-state index in [1.807, 2.05) is 32.0 Å². The van der Waals surface area contributed by atoms with Crippen molar-refractivity contribution in [1.82, 2.24) is 10.2 Å². The van der Waals surface area contributed by atoms with E-state index in [-0.39, 0.29) is 18.7 Å². The molecule has 1 fully saturated rings. The van der Waals surface area contributed by atoms with Gasteiger partial charge in [-0.15, -0.1) is 0 Å². The van der Waals surface area contributed by atoms with Crippen molar-refractivity contribution in [2.45, 2.75) is 19.9 Å². The monoisotopic (exact) mass is 264 g/mol. The highest BCUT2D eigenvalue weighted by Gasteiger charge is 2.29.